The molecule has 0 spiro atoms. The van der Waals surface area contributed by atoms with Crippen molar-refractivity contribution in [1.29, 1.82) is 5.41 Å². The highest BCUT2D eigenvalue weighted by atomic mass is 32.2. The number of benzene rings is 1. The molecule has 0 unspecified atom stereocenters. The number of para-hydroxylation sites is 1. The lowest BCUT2D eigenvalue weighted by Crippen LogP contribution is -2.28. The lowest BCUT2D eigenvalue weighted by molar-refractivity contribution is 0.798. The van der Waals surface area contributed by atoms with Gasteiger partial charge < -0.3 is 4.90 Å². The molecule has 0 bridgehead atoms. The molecule has 1 aromatic carbocycles. The SMILES string of the molecule is CCCCN(C1=NC(=N)CS1)c1ccccc1. The molecule has 3 nitrogen and oxygen atoms in total. The molecule has 1 aliphatic rings. The fraction of sp³-hybridized carbons (Fsp3) is 0.385. The maximum Gasteiger partial charge on any atom is 0.170 e. The number of amidine groups is 2. The van der Waals surface area contributed by atoms with Gasteiger partial charge in [-0.25, -0.2) is 4.99 Å². The van der Waals surface area contributed by atoms with Gasteiger partial charge in [0, 0.05) is 12.2 Å². The van der Waals surface area contributed by atoms with Crippen LogP contribution in [-0.2, 0) is 0 Å². The van der Waals surface area contributed by atoms with Crippen LogP contribution in [0.2, 0.25) is 0 Å². The molecule has 17 heavy (non-hydrogen) atoms. The molecule has 1 aliphatic heterocycles. The first kappa shape index (κ1) is 12.2. The Morgan fingerprint density at radius 1 is 1.35 bits per heavy atom. The molecule has 2 rings (SSSR count). The highest BCUT2D eigenvalue weighted by molar-refractivity contribution is 8.15. The summed E-state index contributed by atoms with van der Waals surface area (Å²) in [5, 5.41) is 8.54. The molecule has 1 aromatic rings. The Bertz CT molecular complexity index is 414. The highest BCUT2D eigenvalue weighted by Gasteiger charge is 2.19. The fourth-order valence-corrected chi connectivity index (χ4v) is 2.57. The molecule has 1 N–H and O–H groups in total. The van der Waals surface area contributed by atoms with Gasteiger partial charge in [0.15, 0.2) is 5.17 Å². The number of nitrogens with one attached hydrogen (secondary N) is 1. The molecule has 0 radical (unpaired) electrons. The van der Waals surface area contributed by atoms with E-state index in [1.165, 1.54) is 12.1 Å². The summed E-state index contributed by atoms with van der Waals surface area (Å²) in [6.07, 6.45) is 2.31. The van der Waals surface area contributed by atoms with Crippen molar-refractivity contribution in [2.45, 2.75) is 19.8 Å². The zero-order valence-electron chi connectivity index (χ0n) is 10.0. The molecule has 0 atom stereocenters. The minimum absolute atomic E-state index is 0.474. The maximum atomic E-state index is 7.58. The predicted molar refractivity (Wildman–Crippen MR) is 76.3 cm³/mol. The second kappa shape index (κ2) is 5.87. The number of nitrogens with zero attached hydrogens (tertiary/aromatic N) is 2. The van der Waals surface area contributed by atoms with E-state index in [4.69, 9.17) is 5.41 Å². The molecule has 90 valence electrons. The Balaban J connectivity index is 2.19. The molecule has 0 saturated carbocycles. The number of unbranched alkanes of at least 4 members (excludes halogenated alkanes) is 1. The number of rotatable bonds is 4. The van der Waals surface area contributed by atoms with Crippen molar-refractivity contribution in [3.8, 4) is 0 Å². The Labute approximate surface area is 106 Å². The zero-order chi connectivity index (χ0) is 12.1. The van der Waals surface area contributed by atoms with Crippen molar-refractivity contribution < 1.29 is 0 Å². The van der Waals surface area contributed by atoms with Crippen molar-refractivity contribution in [2.24, 2.45) is 4.99 Å². The summed E-state index contributed by atoms with van der Waals surface area (Å²) in [6, 6.07) is 10.3. The largest absolute Gasteiger partial charge is 0.321 e. The van der Waals surface area contributed by atoms with Crippen molar-refractivity contribution in [3.05, 3.63) is 30.3 Å². The van der Waals surface area contributed by atoms with E-state index >= 15 is 0 Å². The number of hydrogen-bond donors (Lipinski definition) is 1. The molecule has 0 fully saturated rings. The number of anilines is 1. The summed E-state index contributed by atoms with van der Waals surface area (Å²) in [6.45, 7) is 3.16. The Kier molecular flexibility index (Phi) is 4.20. The minimum atomic E-state index is 0.474. The third-order valence-electron chi connectivity index (χ3n) is 2.60. The molecular formula is C13H17N3S. The lowest BCUT2D eigenvalue weighted by atomic mass is 10.2. The Morgan fingerprint density at radius 2 is 2.12 bits per heavy atom. The molecule has 4 heteroatoms. The van der Waals surface area contributed by atoms with Crippen molar-refractivity contribution in [3.63, 3.8) is 0 Å². The third kappa shape index (κ3) is 3.09. The average Bonchev–Trinajstić information content (AvgIpc) is 2.78. The van der Waals surface area contributed by atoms with Crippen LogP contribution in [0, 0.1) is 5.41 Å². The van der Waals surface area contributed by atoms with Gasteiger partial charge in [-0.3, -0.25) is 5.41 Å². The van der Waals surface area contributed by atoms with Crippen LogP contribution in [0.5, 0.6) is 0 Å². The van der Waals surface area contributed by atoms with Crippen molar-refractivity contribution in [1.82, 2.24) is 0 Å². The summed E-state index contributed by atoms with van der Waals surface area (Å²) in [5.41, 5.74) is 1.17. The van der Waals surface area contributed by atoms with E-state index < -0.39 is 0 Å². The highest BCUT2D eigenvalue weighted by Crippen LogP contribution is 2.23. The summed E-state index contributed by atoms with van der Waals surface area (Å²) in [4.78, 5) is 6.52. The monoisotopic (exact) mass is 247 g/mol. The molecule has 0 saturated heterocycles. The van der Waals surface area contributed by atoms with Gasteiger partial charge in [-0.1, -0.05) is 43.3 Å². The van der Waals surface area contributed by atoms with Crippen LogP contribution < -0.4 is 4.90 Å². The number of hydrogen-bond acceptors (Lipinski definition) is 3. The average molecular weight is 247 g/mol. The quantitative estimate of drug-likeness (QED) is 0.886. The van der Waals surface area contributed by atoms with Gasteiger partial charge in [0.05, 0.1) is 5.75 Å². The standard InChI is InChI=1S/C13H17N3S/c1-2-3-9-16(11-7-5-4-6-8-11)13-15-12(14)10-17-13/h4-8,14H,2-3,9-10H2,1H3. The lowest BCUT2D eigenvalue weighted by Gasteiger charge is -2.23. The zero-order valence-corrected chi connectivity index (χ0v) is 10.8. The van der Waals surface area contributed by atoms with Crippen molar-refractivity contribution >= 4 is 28.5 Å². The van der Waals surface area contributed by atoms with Gasteiger partial charge in [0.2, 0.25) is 0 Å². The van der Waals surface area contributed by atoms with Gasteiger partial charge in [-0.15, -0.1) is 0 Å². The molecule has 1 heterocycles. The Hall–Kier alpha value is -1.29. The normalized spacial score (nSPS) is 14.9. The first-order valence-corrected chi connectivity index (χ1v) is 6.91. The van der Waals surface area contributed by atoms with Crippen LogP contribution >= 0.6 is 11.8 Å². The van der Waals surface area contributed by atoms with E-state index in [1.54, 1.807) is 11.8 Å². The minimum Gasteiger partial charge on any atom is -0.321 e. The van der Waals surface area contributed by atoms with E-state index in [2.05, 4.69) is 28.9 Å². The predicted octanol–water partition coefficient (Wildman–Crippen LogP) is 3.37. The van der Waals surface area contributed by atoms with E-state index in [-0.39, 0.29) is 0 Å². The van der Waals surface area contributed by atoms with Gasteiger partial charge in [-0.2, -0.15) is 0 Å². The van der Waals surface area contributed by atoms with E-state index in [0.717, 1.165) is 18.1 Å². The Morgan fingerprint density at radius 3 is 2.71 bits per heavy atom. The fourth-order valence-electron chi connectivity index (χ4n) is 1.71. The topological polar surface area (TPSA) is 39.5 Å². The van der Waals surface area contributed by atoms with Crippen LogP contribution in [0.1, 0.15) is 19.8 Å². The summed E-state index contributed by atoms with van der Waals surface area (Å²) < 4.78 is 0. The number of thioether (sulfide) groups is 1. The van der Waals surface area contributed by atoms with E-state index in [1.807, 2.05) is 18.2 Å². The molecular weight excluding hydrogens is 230 g/mol. The second-order valence-corrected chi connectivity index (χ2v) is 4.91. The summed E-state index contributed by atoms with van der Waals surface area (Å²) in [5.74, 6) is 1.17. The number of aliphatic imine (C=N–C) groups is 1. The van der Waals surface area contributed by atoms with Gasteiger partial charge in [0.25, 0.3) is 0 Å². The smallest absolute Gasteiger partial charge is 0.170 e. The molecule has 0 amide bonds. The first-order chi connectivity index (χ1) is 8.31. The van der Waals surface area contributed by atoms with E-state index in [9.17, 15) is 0 Å². The third-order valence-corrected chi connectivity index (χ3v) is 3.59. The second-order valence-electron chi connectivity index (χ2n) is 3.97. The van der Waals surface area contributed by atoms with E-state index in [0.29, 0.717) is 11.6 Å². The maximum absolute atomic E-state index is 7.58. The van der Waals surface area contributed by atoms with Gasteiger partial charge >= 0.3 is 0 Å². The summed E-state index contributed by atoms with van der Waals surface area (Å²) >= 11 is 1.66. The van der Waals surface area contributed by atoms with Crippen LogP contribution in [0.15, 0.2) is 35.3 Å². The van der Waals surface area contributed by atoms with Gasteiger partial charge in [0.1, 0.15) is 5.84 Å². The van der Waals surface area contributed by atoms with Crippen molar-refractivity contribution in [2.75, 3.05) is 17.2 Å². The van der Waals surface area contributed by atoms with Gasteiger partial charge in [-0.05, 0) is 18.6 Å². The van der Waals surface area contributed by atoms with Crippen LogP contribution in [0.25, 0.3) is 0 Å². The summed E-state index contributed by atoms with van der Waals surface area (Å²) in [7, 11) is 0. The van der Waals surface area contributed by atoms with Crippen LogP contribution in [0.4, 0.5) is 5.69 Å². The van der Waals surface area contributed by atoms with Crippen LogP contribution in [0.3, 0.4) is 0 Å². The molecule has 0 aromatic heterocycles. The molecule has 0 aliphatic carbocycles. The first-order valence-electron chi connectivity index (χ1n) is 5.92. The van der Waals surface area contributed by atoms with Crippen LogP contribution in [-0.4, -0.2) is 23.3 Å².